The van der Waals surface area contributed by atoms with Crippen molar-refractivity contribution in [3.63, 3.8) is 0 Å². The van der Waals surface area contributed by atoms with Gasteiger partial charge >= 0.3 is 0 Å². The highest BCUT2D eigenvalue weighted by Crippen LogP contribution is 2.17. The van der Waals surface area contributed by atoms with Gasteiger partial charge in [-0.05, 0) is 55.5 Å². The SMILES string of the molecule is CCC(N)Cc1c(C)cc(F)cc1C. The average molecular weight is 195 g/mol. The maximum atomic E-state index is 13.0. The molecule has 0 spiro atoms. The first-order valence-corrected chi connectivity index (χ1v) is 5.05. The van der Waals surface area contributed by atoms with Crippen LogP contribution in [0.25, 0.3) is 0 Å². The Bertz CT molecular complexity index is 297. The minimum atomic E-state index is -0.159. The second kappa shape index (κ2) is 4.56. The average Bonchev–Trinajstić information content (AvgIpc) is 2.10. The third-order valence-corrected chi connectivity index (χ3v) is 2.65. The lowest BCUT2D eigenvalue weighted by Gasteiger charge is -2.14. The molecule has 1 aromatic carbocycles. The number of hydrogen-bond acceptors (Lipinski definition) is 1. The van der Waals surface area contributed by atoms with Gasteiger partial charge < -0.3 is 5.73 Å². The van der Waals surface area contributed by atoms with Crippen molar-refractivity contribution in [3.05, 3.63) is 34.6 Å². The molecule has 0 amide bonds. The van der Waals surface area contributed by atoms with Crippen molar-refractivity contribution in [2.24, 2.45) is 5.73 Å². The topological polar surface area (TPSA) is 26.0 Å². The summed E-state index contributed by atoms with van der Waals surface area (Å²) < 4.78 is 13.0. The van der Waals surface area contributed by atoms with E-state index in [9.17, 15) is 4.39 Å². The van der Waals surface area contributed by atoms with Crippen molar-refractivity contribution in [3.8, 4) is 0 Å². The molecule has 1 atom stereocenters. The lowest BCUT2D eigenvalue weighted by Crippen LogP contribution is -2.22. The second-order valence-corrected chi connectivity index (χ2v) is 3.89. The van der Waals surface area contributed by atoms with Gasteiger partial charge in [-0.3, -0.25) is 0 Å². The summed E-state index contributed by atoms with van der Waals surface area (Å²) in [6, 6.07) is 3.33. The number of benzene rings is 1. The van der Waals surface area contributed by atoms with Gasteiger partial charge in [0.15, 0.2) is 0 Å². The molecular weight excluding hydrogens is 177 g/mol. The molecule has 1 aromatic rings. The maximum absolute atomic E-state index is 13.0. The van der Waals surface area contributed by atoms with Crippen molar-refractivity contribution in [1.29, 1.82) is 0 Å². The van der Waals surface area contributed by atoms with Gasteiger partial charge in [0.1, 0.15) is 5.82 Å². The molecule has 0 aliphatic rings. The molecule has 0 aromatic heterocycles. The standard InChI is InChI=1S/C12H18FN/c1-4-11(14)7-12-8(2)5-10(13)6-9(12)3/h5-6,11H,4,7,14H2,1-3H3. The highest BCUT2D eigenvalue weighted by atomic mass is 19.1. The normalized spacial score (nSPS) is 12.9. The predicted octanol–water partition coefficient (Wildman–Crippen LogP) is 2.72. The third-order valence-electron chi connectivity index (χ3n) is 2.65. The Kier molecular flexibility index (Phi) is 3.64. The first-order chi connectivity index (χ1) is 6.54. The van der Waals surface area contributed by atoms with Crippen LogP contribution in [0, 0.1) is 19.7 Å². The first-order valence-electron chi connectivity index (χ1n) is 5.05. The van der Waals surface area contributed by atoms with Crippen molar-refractivity contribution in [1.82, 2.24) is 0 Å². The molecule has 1 nitrogen and oxygen atoms in total. The molecule has 0 aliphatic carbocycles. The summed E-state index contributed by atoms with van der Waals surface area (Å²) in [6.45, 7) is 5.94. The molecular formula is C12H18FN. The van der Waals surface area contributed by atoms with Gasteiger partial charge in [-0.1, -0.05) is 6.92 Å². The first kappa shape index (κ1) is 11.2. The van der Waals surface area contributed by atoms with Gasteiger partial charge in [0.2, 0.25) is 0 Å². The van der Waals surface area contributed by atoms with Crippen molar-refractivity contribution in [2.45, 2.75) is 39.7 Å². The predicted molar refractivity (Wildman–Crippen MR) is 57.8 cm³/mol. The number of rotatable bonds is 3. The fourth-order valence-corrected chi connectivity index (χ4v) is 1.67. The summed E-state index contributed by atoms with van der Waals surface area (Å²) in [5.41, 5.74) is 9.09. The van der Waals surface area contributed by atoms with Gasteiger partial charge in [-0.15, -0.1) is 0 Å². The molecule has 1 rings (SSSR count). The molecule has 2 heteroatoms. The molecule has 0 radical (unpaired) electrons. The van der Waals surface area contributed by atoms with E-state index in [2.05, 4.69) is 6.92 Å². The Morgan fingerprint density at radius 1 is 1.29 bits per heavy atom. The summed E-state index contributed by atoms with van der Waals surface area (Å²) in [5, 5.41) is 0. The number of hydrogen-bond donors (Lipinski definition) is 1. The largest absolute Gasteiger partial charge is 0.327 e. The van der Waals surface area contributed by atoms with E-state index in [1.807, 2.05) is 13.8 Å². The van der Waals surface area contributed by atoms with Crippen LogP contribution >= 0.6 is 0 Å². The molecule has 2 N–H and O–H groups in total. The minimum absolute atomic E-state index is 0.159. The minimum Gasteiger partial charge on any atom is -0.327 e. The Morgan fingerprint density at radius 3 is 2.21 bits per heavy atom. The number of halogens is 1. The summed E-state index contributed by atoms with van der Waals surface area (Å²) in [6.07, 6.45) is 1.80. The quantitative estimate of drug-likeness (QED) is 0.788. The second-order valence-electron chi connectivity index (χ2n) is 3.89. The van der Waals surface area contributed by atoms with Gasteiger partial charge in [0.05, 0.1) is 0 Å². The fourth-order valence-electron chi connectivity index (χ4n) is 1.67. The van der Waals surface area contributed by atoms with Crippen LogP contribution in [-0.4, -0.2) is 6.04 Å². The van der Waals surface area contributed by atoms with Crippen molar-refractivity contribution in [2.75, 3.05) is 0 Å². The van der Waals surface area contributed by atoms with E-state index in [4.69, 9.17) is 5.73 Å². The smallest absolute Gasteiger partial charge is 0.123 e. The fraction of sp³-hybridized carbons (Fsp3) is 0.500. The van der Waals surface area contributed by atoms with E-state index in [-0.39, 0.29) is 11.9 Å². The van der Waals surface area contributed by atoms with Crippen LogP contribution in [0.1, 0.15) is 30.0 Å². The molecule has 1 unspecified atom stereocenters. The Labute approximate surface area is 85.1 Å². The van der Waals surface area contributed by atoms with E-state index in [1.54, 1.807) is 12.1 Å². The van der Waals surface area contributed by atoms with Gasteiger partial charge in [-0.2, -0.15) is 0 Å². The van der Waals surface area contributed by atoms with Gasteiger partial charge in [0, 0.05) is 6.04 Å². The molecule has 0 heterocycles. The number of aryl methyl sites for hydroxylation is 2. The summed E-state index contributed by atoms with van der Waals surface area (Å²) in [4.78, 5) is 0. The Hall–Kier alpha value is -0.890. The lowest BCUT2D eigenvalue weighted by atomic mass is 9.95. The van der Waals surface area contributed by atoms with Crippen LogP contribution in [0.2, 0.25) is 0 Å². The highest BCUT2D eigenvalue weighted by molar-refractivity contribution is 5.34. The molecule has 0 fully saturated rings. The summed E-state index contributed by atoms with van der Waals surface area (Å²) >= 11 is 0. The molecule has 0 aliphatic heterocycles. The Morgan fingerprint density at radius 2 is 1.79 bits per heavy atom. The van der Waals surface area contributed by atoms with Crippen LogP contribution in [0.5, 0.6) is 0 Å². The van der Waals surface area contributed by atoms with E-state index >= 15 is 0 Å². The number of nitrogens with two attached hydrogens (primary N) is 1. The van der Waals surface area contributed by atoms with Gasteiger partial charge in [0.25, 0.3) is 0 Å². The monoisotopic (exact) mass is 195 g/mol. The molecule has 78 valence electrons. The van der Waals surface area contributed by atoms with Gasteiger partial charge in [-0.25, -0.2) is 4.39 Å². The van der Waals surface area contributed by atoms with Crippen LogP contribution in [-0.2, 0) is 6.42 Å². The summed E-state index contributed by atoms with van der Waals surface area (Å²) in [5.74, 6) is -0.159. The third kappa shape index (κ3) is 2.55. The molecule has 0 saturated heterocycles. The Balaban J connectivity index is 2.96. The van der Waals surface area contributed by atoms with Crippen LogP contribution in [0.15, 0.2) is 12.1 Å². The van der Waals surface area contributed by atoms with Crippen LogP contribution in [0.4, 0.5) is 4.39 Å². The van der Waals surface area contributed by atoms with E-state index in [0.717, 1.165) is 24.0 Å². The van der Waals surface area contributed by atoms with Crippen LogP contribution in [0.3, 0.4) is 0 Å². The molecule has 14 heavy (non-hydrogen) atoms. The van der Waals surface area contributed by atoms with Crippen LogP contribution < -0.4 is 5.73 Å². The zero-order valence-corrected chi connectivity index (χ0v) is 9.10. The molecule has 0 bridgehead atoms. The van der Waals surface area contributed by atoms with E-state index < -0.39 is 0 Å². The molecule has 0 saturated carbocycles. The van der Waals surface area contributed by atoms with E-state index in [0.29, 0.717) is 0 Å². The van der Waals surface area contributed by atoms with Crippen molar-refractivity contribution < 1.29 is 4.39 Å². The zero-order valence-electron chi connectivity index (χ0n) is 9.10. The maximum Gasteiger partial charge on any atom is 0.123 e. The highest BCUT2D eigenvalue weighted by Gasteiger charge is 2.08. The summed E-state index contributed by atoms with van der Waals surface area (Å²) in [7, 11) is 0. The lowest BCUT2D eigenvalue weighted by molar-refractivity contribution is 0.616. The zero-order chi connectivity index (χ0) is 10.7. The van der Waals surface area contributed by atoms with Crippen molar-refractivity contribution >= 4 is 0 Å². The van der Waals surface area contributed by atoms with E-state index in [1.165, 1.54) is 5.56 Å².